The molecule has 0 N–H and O–H groups in total. The zero-order chi connectivity index (χ0) is 14.0. The molecule has 0 fully saturated rings. The van der Waals surface area contributed by atoms with E-state index in [4.69, 9.17) is 28.4 Å². The summed E-state index contributed by atoms with van der Waals surface area (Å²) < 4.78 is 31.9. The maximum Gasteiger partial charge on any atom is 0.114 e. The highest BCUT2D eigenvalue weighted by Gasteiger charge is 2.36. The van der Waals surface area contributed by atoms with Crippen LogP contribution in [0.15, 0.2) is 0 Å². The van der Waals surface area contributed by atoms with Gasteiger partial charge in [0.05, 0.1) is 13.2 Å². The van der Waals surface area contributed by atoms with Gasteiger partial charge in [-0.1, -0.05) is 0 Å². The van der Waals surface area contributed by atoms with E-state index < -0.39 is 0 Å². The number of ether oxygens (including phenoxy) is 6. The summed E-state index contributed by atoms with van der Waals surface area (Å²) in [5.74, 6) is 0. The summed E-state index contributed by atoms with van der Waals surface area (Å²) in [6.07, 6.45) is -1.08. The van der Waals surface area contributed by atoms with Crippen molar-refractivity contribution in [3.8, 4) is 0 Å². The van der Waals surface area contributed by atoms with Crippen LogP contribution < -0.4 is 0 Å². The van der Waals surface area contributed by atoms with Crippen LogP contribution in [0.5, 0.6) is 0 Å². The third kappa shape index (κ3) is 5.17. The maximum absolute atomic E-state index is 5.47. The molecule has 0 unspecified atom stereocenters. The second-order valence-corrected chi connectivity index (χ2v) is 3.86. The molecule has 0 aromatic carbocycles. The molecule has 0 aromatic rings. The normalized spacial score (nSPS) is 18.3. The van der Waals surface area contributed by atoms with Crippen molar-refractivity contribution in [3.05, 3.63) is 0 Å². The summed E-state index contributed by atoms with van der Waals surface area (Å²) in [5.41, 5.74) is 0. The van der Waals surface area contributed by atoms with Crippen molar-refractivity contribution < 1.29 is 28.4 Å². The van der Waals surface area contributed by atoms with Gasteiger partial charge in [-0.25, -0.2) is 0 Å². The van der Waals surface area contributed by atoms with Gasteiger partial charge in [-0.05, 0) is 0 Å². The van der Waals surface area contributed by atoms with Gasteiger partial charge in [0, 0.05) is 42.7 Å². The average molecular weight is 266 g/mol. The zero-order valence-corrected chi connectivity index (χ0v) is 12.2. The number of methoxy groups -OCH3 is 6. The van der Waals surface area contributed by atoms with E-state index in [-0.39, 0.29) is 24.4 Å². The summed E-state index contributed by atoms with van der Waals surface area (Å²) >= 11 is 0. The lowest BCUT2D eigenvalue weighted by atomic mass is 10.0. The molecule has 0 aliphatic rings. The Morgan fingerprint density at radius 2 is 0.889 bits per heavy atom. The fourth-order valence-corrected chi connectivity index (χ4v) is 1.92. The van der Waals surface area contributed by atoms with Crippen molar-refractivity contribution in [2.24, 2.45) is 0 Å². The van der Waals surface area contributed by atoms with Gasteiger partial charge < -0.3 is 28.4 Å². The van der Waals surface area contributed by atoms with E-state index in [1.807, 2.05) is 0 Å². The molecule has 6 nitrogen and oxygen atoms in total. The van der Waals surface area contributed by atoms with Gasteiger partial charge in [-0.3, -0.25) is 0 Å². The van der Waals surface area contributed by atoms with Crippen molar-refractivity contribution in [1.82, 2.24) is 0 Å². The van der Waals surface area contributed by atoms with Crippen LogP contribution in [-0.4, -0.2) is 80.3 Å². The Morgan fingerprint density at radius 3 is 1.06 bits per heavy atom. The number of hydrogen-bond donors (Lipinski definition) is 0. The predicted octanol–water partition coefficient (Wildman–Crippen LogP) is 0.339. The van der Waals surface area contributed by atoms with Crippen LogP contribution in [-0.2, 0) is 28.4 Å². The monoisotopic (exact) mass is 266 g/mol. The van der Waals surface area contributed by atoms with E-state index >= 15 is 0 Å². The van der Waals surface area contributed by atoms with Crippen LogP contribution in [0.1, 0.15) is 0 Å². The third-order valence-electron chi connectivity index (χ3n) is 2.87. The molecule has 0 aromatic heterocycles. The molecule has 0 aliphatic heterocycles. The molecule has 0 heterocycles. The lowest BCUT2D eigenvalue weighted by Gasteiger charge is -2.34. The Morgan fingerprint density at radius 1 is 0.556 bits per heavy atom. The van der Waals surface area contributed by atoms with Crippen LogP contribution in [0.25, 0.3) is 0 Å². The summed E-state index contributed by atoms with van der Waals surface area (Å²) in [5, 5.41) is 0. The largest absolute Gasteiger partial charge is 0.382 e. The van der Waals surface area contributed by atoms with Crippen LogP contribution in [0.3, 0.4) is 0 Å². The van der Waals surface area contributed by atoms with Crippen molar-refractivity contribution in [3.63, 3.8) is 0 Å². The first-order chi connectivity index (χ1) is 8.69. The first-order valence-electron chi connectivity index (χ1n) is 5.79. The van der Waals surface area contributed by atoms with E-state index in [9.17, 15) is 0 Å². The lowest BCUT2D eigenvalue weighted by molar-refractivity contribution is -0.166. The summed E-state index contributed by atoms with van der Waals surface area (Å²) in [6.45, 7) is 0.830. The highest BCUT2D eigenvalue weighted by atomic mass is 16.6. The molecule has 0 bridgehead atoms. The summed E-state index contributed by atoms with van der Waals surface area (Å²) in [6, 6.07) is 0. The van der Waals surface area contributed by atoms with Gasteiger partial charge in [0.15, 0.2) is 0 Å². The van der Waals surface area contributed by atoms with Gasteiger partial charge in [0.25, 0.3) is 0 Å². The SMILES string of the molecule is COC[C@@H](OC)[C@@H](OC)[C@H](OC)[C@@H](COC)OC. The Kier molecular flexibility index (Phi) is 10.5. The summed E-state index contributed by atoms with van der Waals surface area (Å²) in [7, 11) is 9.67. The second kappa shape index (κ2) is 10.7. The molecule has 0 spiro atoms. The standard InChI is InChI=1S/C12H26O6/c1-13-7-9(15-3)11(17-5)12(18-6)10(16-4)8-14-2/h9-12H,7-8H2,1-6H3/t9-,10-,11-,12-/m1/s1. The van der Waals surface area contributed by atoms with E-state index in [1.54, 1.807) is 42.7 Å². The van der Waals surface area contributed by atoms with E-state index in [2.05, 4.69) is 0 Å². The minimum Gasteiger partial charge on any atom is -0.382 e. The van der Waals surface area contributed by atoms with Gasteiger partial charge in [-0.15, -0.1) is 0 Å². The molecule has 6 heteroatoms. The van der Waals surface area contributed by atoms with E-state index in [0.29, 0.717) is 13.2 Å². The van der Waals surface area contributed by atoms with Crippen molar-refractivity contribution in [1.29, 1.82) is 0 Å². The number of rotatable bonds is 11. The van der Waals surface area contributed by atoms with Gasteiger partial charge in [0.2, 0.25) is 0 Å². The fourth-order valence-electron chi connectivity index (χ4n) is 1.92. The Hall–Kier alpha value is -0.240. The first-order valence-corrected chi connectivity index (χ1v) is 5.79. The molecule has 0 amide bonds. The minimum absolute atomic E-state index is 0.237. The van der Waals surface area contributed by atoms with Crippen LogP contribution in [0.4, 0.5) is 0 Å². The quantitative estimate of drug-likeness (QED) is 0.537. The molecule has 0 saturated carbocycles. The highest BCUT2D eigenvalue weighted by Crippen LogP contribution is 2.16. The zero-order valence-electron chi connectivity index (χ0n) is 12.2. The summed E-state index contributed by atoms with van der Waals surface area (Å²) in [4.78, 5) is 0. The molecular formula is C12H26O6. The highest BCUT2D eigenvalue weighted by molar-refractivity contribution is 4.85. The minimum atomic E-state index is -0.306. The predicted molar refractivity (Wildman–Crippen MR) is 66.9 cm³/mol. The molecule has 18 heavy (non-hydrogen) atoms. The molecule has 0 rings (SSSR count). The van der Waals surface area contributed by atoms with Crippen molar-refractivity contribution in [2.45, 2.75) is 24.4 Å². The van der Waals surface area contributed by atoms with Gasteiger partial charge in [-0.2, -0.15) is 0 Å². The first kappa shape index (κ1) is 17.8. The van der Waals surface area contributed by atoms with Crippen LogP contribution in [0, 0.1) is 0 Å². The number of hydrogen-bond acceptors (Lipinski definition) is 6. The third-order valence-corrected chi connectivity index (χ3v) is 2.87. The van der Waals surface area contributed by atoms with Gasteiger partial charge in [0.1, 0.15) is 24.4 Å². The Bertz CT molecular complexity index is 169. The van der Waals surface area contributed by atoms with Gasteiger partial charge >= 0.3 is 0 Å². The molecule has 0 saturated heterocycles. The molecule has 110 valence electrons. The average Bonchev–Trinajstić information content (AvgIpc) is 2.40. The fraction of sp³-hybridized carbons (Fsp3) is 1.00. The van der Waals surface area contributed by atoms with Crippen molar-refractivity contribution >= 4 is 0 Å². The molecule has 0 aliphatic carbocycles. The Labute approximate surface area is 109 Å². The smallest absolute Gasteiger partial charge is 0.114 e. The molecule has 0 radical (unpaired) electrons. The second-order valence-electron chi connectivity index (χ2n) is 3.86. The maximum atomic E-state index is 5.47. The molecular weight excluding hydrogens is 240 g/mol. The van der Waals surface area contributed by atoms with Crippen molar-refractivity contribution in [2.75, 3.05) is 55.9 Å². The van der Waals surface area contributed by atoms with Crippen LogP contribution in [0.2, 0.25) is 0 Å². The van der Waals surface area contributed by atoms with E-state index in [0.717, 1.165) is 0 Å². The topological polar surface area (TPSA) is 55.4 Å². The molecule has 4 atom stereocenters. The lowest BCUT2D eigenvalue weighted by Crippen LogP contribution is -2.50. The Balaban J connectivity index is 4.81. The van der Waals surface area contributed by atoms with Crippen LogP contribution >= 0.6 is 0 Å². The van der Waals surface area contributed by atoms with E-state index in [1.165, 1.54) is 0 Å².